The molecule has 1 atom stereocenters. The second kappa shape index (κ2) is 6.64. The zero-order valence-electron chi connectivity index (χ0n) is 13.1. The van der Waals surface area contributed by atoms with Crippen molar-refractivity contribution in [2.75, 3.05) is 7.11 Å². The van der Waals surface area contributed by atoms with Crippen molar-refractivity contribution < 1.29 is 9.47 Å². The van der Waals surface area contributed by atoms with E-state index in [-0.39, 0.29) is 6.04 Å². The van der Waals surface area contributed by atoms with E-state index in [9.17, 15) is 0 Å². The first-order chi connectivity index (χ1) is 9.99. The SMILES string of the molecule is COc1cc(C)ccc1Oc1ccc(CC(C)N)cc1C. The second-order valence-corrected chi connectivity index (χ2v) is 5.54. The van der Waals surface area contributed by atoms with Crippen LogP contribution in [-0.4, -0.2) is 13.2 Å². The van der Waals surface area contributed by atoms with Gasteiger partial charge in [-0.25, -0.2) is 0 Å². The smallest absolute Gasteiger partial charge is 0.169 e. The molecule has 2 rings (SSSR count). The fourth-order valence-electron chi connectivity index (χ4n) is 2.30. The lowest BCUT2D eigenvalue weighted by Gasteiger charge is -2.14. The molecular weight excluding hydrogens is 262 g/mol. The molecule has 0 aliphatic carbocycles. The molecule has 2 aromatic carbocycles. The average Bonchev–Trinajstić information content (AvgIpc) is 2.42. The summed E-state index contributed by atoms with van der Waals surface area (Å²) in [6.07, 6.45) is 0.870. The topological polar surface area (TPSA) is 44.5 Å². The molecule has 0 aliphatic rings. The molecule has 0 aliphatic heterocycles. The zero-order chi connectivity index (χ0) is 15.4. The van der Waals surface area contributed by atoms with Crippen molar-refractivity contribution in [1.82, 2.24) is 0 Å². The molecule has 0 amide bonds. The van der Waals surface area contributed by atoms with Crippen LogP contribution in [0.4, 0.5) is 0 Å². The van der Waals surface area contributed by atoms with Crippen molar-refractivity contribution in [2.45, 2.75) is 33.2 Å². The first-order valence-electron chi connectivity index (χ1n) is 7.17. The van der Waals surface area contributed by atoms with E-state index in [0.717, 1.165) is 34.8 Å². The number of hydrogen-bond acceptors (Lipinski definition) is 3. The van der Waals surface area contributed by atoms with Crippen LogP contribution in [-0.2, 0) is 6.42 Å². The van der Waals surface area contributed by atoms with Gasteiger partial charge in [0.15, 0.2) is 11.5 Å². The Bertz CT molecular complexity index is 621. The van der Waals surface area contributed by atoms with Gasteiger partial charge in [0.1, 0.15) is 5.75 Å². The first-order valence-corrected chi connectivity index (χ1v) is 7.17. The van der Waals surface area contributed by atoms with Crippen molar-refractivity contribution in [1.29, 1.82) is 0 Å². The van der Waals surface area contributed by atoms with Crippen LogP contribution in [0.25, 0.3) is 0 Å². The highest BCUT2D eigenvalue weighted by atomic mass is 16.5. The highest BCUT2D eigenvalue weighted by Crippen LogP contribution is 2.33. The predicted molar refractivity (Wildman–Crippen MR) is 86.3 cm³/mol. The number of nitrogens with two attached hydrogens (primary N) is 1. The van der Waals surface area contributed by atoms with Crippen molar-refractivity contribution in [3.63, 3.8) is 0 Å². The minimum Gasteiger partial charge on any atom is -0.493 e. The van der Waals surface area contributed by atoms with Crippen molar-refractivity contribution in [3.05, 3.63) is 53.1 Å². The van der Waals surface area contributed by atoms with Crippen LogP contribution in [0.1, 0.15) is 23.6 Å². The normalized spacial score (nSPS) is 12.0. The number of hydrogen-bond donors (Lipinski definition) is 1. The summed E-state index contributed by atoms with van der Waals surface area (Å²) in [6.45, 7) is 6.08. The van der Waals surface area contributed by atoms with Gasteiger partial charge in [-0.2, -0.15) is 0 Å². The largest absolute Gasteiger partial charge is 0.493 e. The maximum atomic E-state index is 5.99. The average molecular weight is 285 g/mol. The monoisotopic (exact) mass is 285 g/mol. The molecule has 0 radical (unpaired) electrons. The van der Waals surface area contributed by atoms with E-state index in [1.54, 1.807) is 7.11 Å². The molecule has 0 heterocycles. The molecule has 2 N–H and O–H groups in total. The summed E-state index contributed by atoms with van der Waals surface area (Å²) in [7, 11) is 1.65. The van der Waals surface area contributed by atoms with Crippen LogP contribution in [0.5, 0.6) is 17.2 Å². The number of benzene rings is 2. The van der Waals surface area contributed by atoms with Crippen molar-refractivity contribution in [2.24, 2.45) is 5.73 Å². The van der Waals surface area contributed by atoms with E-state index in [1.807, 2.05) is 45.0 Å². The lowest BCUT2D eigenvalue weighted by molar-refractivity contribution is 0.377. The highest BCUT2D eigenvalue weighted by Gasteiger charge is 2.08. The molecule has 0 saturated heterocycles. The van der Waals surface area contributed by atoms with Crippen LogP contribution < -0.4 is 15.2 Å². The van der Waals surface area contributed by atoms with E-state index in [4.69, 9.17) is 15.2 Å². The molecule has 3 heteroatoms. The minimum atomic E-state index is 0.161. The first kappa shape index (κ1) is 15.4. The van der Waals surface area contributed by atoms with Gasteiger partial charge < -0.3 is 15.2 Å². The summed E-state index contributed by atoms with van der Waals surface area (Å²) in [5, 5.41) is 0. The number of methoxy groups -OCH3 is 1. The molecule has 0 saturated carbocycles. The predicted octanol–water partition coefficient (Wildman–Crippen LogP) is 3.99. The van der Waals surface area contributed by atoms with E-state index in [2.05, 4.69) is 12.1 Å². The molecule has 1 unspecified atom stereocenters. The summed E-state index contributed by atoms with van der Waals surface area (Å²) in [5.74, 6) is 2.31. The van der Waals surface area contributed by atoms with E-state index in [0.29, 0.717) is 0 Å². The zero-order valence-corrected chi connectivity index (χ0v) is 13.1. The van der Waals surface area contributed by atoms with Crippen LogP contribution in [0, 0.1) is 13.8 Å². The highest BCUT2D eigenvalue weighted by molar-refractivity contribution is 5.47. The Morgan fingerprint density at radius 1 is 1.00 bits per heavy atom. The molecule has 0 fully saturated rings. The number of rotatable bonds is 5. The Hall–Kier alpha value is -2.00. The fraction of sp³-hybridized carbons (Fsp3) is 0.333. The Morgan fingerprint density at radius 3 is 2.33 bits per heavy atom. The molecule has 112 valence electrons. The van der Waals surface area contributed by atoms with Gasteiger partial charge in [0, 0.05) is 6.04 Å². The van der Waals surface area contributed by atoms with Gasteiger partial charge in [0.05, 0.1) is 7.11 Å². The third kappa shape index (κ3) is 3.99. The van der Waals surface area contributed by atoms with Gasteiger partial charge in [-0.05, 0) is 62.1 Å². The molecule has 3 nitrogen and oxygen atoms in total. The summed E-state index contributed by atoms with van der Waals surface area (Å²) in [5.41, 5.74) is 9.30. The maximum absolute atomic E-state index is 5.99. The molecule has 21 heavy (non-hydrogen) atoms. The minimum absolute atomic E-state index is 0.161. The summed E-state index contributed by atoms with van der Waals surface area (Å²) >= 11 is 0. The van der Waals surface area contributed by atoms with Crippen molar-refractivity contribution in [3.8, 4) is 17.2 Å². The molecule has 0 bridgehead atoms. The lowest BCUT2D eigenvalue weighted by Crippen LogP contribution is -2.17. The number of aryl methyl sites for hydroxylation is 2. The van der Waals surface area contributed by atoms with Gasteiger partial charge in [-0.3, -0.25) is 0 Å². The van der Waals surface area contributed by atoms with Crippen LogP contribution in [0.3, 0.4) is 0 Å². The Morgan fingerprint density at radius 2 is 1.71 bits per heavy atom. The Labute approximate surface area is 126 Å². The van der Waals surface area contributed by atoms with E-state index < -0.39 is 0 Å². The maximum Gasteiger partial charge on any atom is 0.169 e. The van der Waals surface area contributed by atoms with Crippen LogP contribution >= 0.6 is 0 Å². The van der Waals surface area contributed by atoms with Gasteiger partial charge in [0.2, 0.25) is 0 Å². The van der Waals surface area contributed by atoms with E-state index >= 15 is 0 Å². The Balaban J connectivity index is 2.24. The van der Waals surface area contributed by atoms with Gasteiger partial charge in [-0.15, -0.1) is 0 Å². The standard InChI is InChI=1S/C18H23NO2/c1-12-5-7-17(18(9-12)20-4)21-16-8-6-15(10-13(16)2)11-14(3)19/h5-10,14H,11,19H2,1-4H3. The molecule has 2 aromatic rings. The summed E-state index contributed by atoms with van der Waals surface area (Å²) in [6, 6.07) is 12.3. The molecular formula is C18H23NO2. The third-order valence-electron chi connectivity index (χ3n) is 3.34. The number of ether oxygens (including phenoxy) is 2. The second-order valence-electron chi connectivity index (χ2n) is 5.54. The Kier molecular flexibility index (Phi) is 4.86. The quantitative estimate of drug-likeness (QED) is 0.903. The van der Waals surface area contributed by atoms with Crippen LogP contribution in [0.15, 0.2) is 36.4 Å². The lowest BCUT2D eigenvalue weighted by atomic mass is 10.0. The van der Waals surface area contributed by atoms with Gasteiger partial charge in [0.25, 0.3) is 0 Å². The summed E-state index contributed by atoms with van der Waals surface area (Å²) < 4.78 is 11.4. The van der Waals surface area contributed by atoms with E-state index in [1.165, 1.54) is 5.56 Å². The third-order valence-corrected chi connectivity index (χ3v) is 3.34. The fourth-order valence-corrected chi connectivity index (χ4v) is 2.30. The van der Waals surface area contributed by atoms with Gasteiger partial charge >= 0.3 is 0 Å². The molecule has 0 aromatic heterocycles. The van der Waals surface area contributed by atoms with Gasteiger partial charge in [-0.1, -0.05) is 18.2 Å². The summed E-state index contributed by atoms with van der Waals surface area (Å²) in [4.78, 5) is 0. The molecule has 0 spiro atoms. The van der Waals surface area contributed by atoms with Crippen LogP contribution in [0.2, 0.25) is 0 Å². The van der Waals surface area contributed by atoms with Crippen molar-refractivity contribution >= 4 is 0 Å².